The Morgan fingerprint density at radius 1 is 1.04 bits per heavy atom. The molecule has 124 valence electrons. The van der Waals surface area contributed by atoms with Gasteiger partial charge in [-0.25, -0.2) is 0 Å². The van der Waals surface area contributed by atoms with Crippen molar-refractivity contribution in [3.05, 3.63) is 29.8 Å². The molecule has 2 unspecified atom stereocenters. The van der Waals surface area contributed by atoms with Gasteiger partial charge < -0.3 is 15.2 Å². The summed E-state index contributed by atoms with van der Waals surface area (Å²) in [6.45, 7) is 0.600. The number of amides is 1. The molecule has 1 aromatic rings. The van der Waals surface area contributed by atoms with Gasteiger partial charge in [0.05, 0.1) is 24.5 Å². The van der Waals surface area contributed by atoms with E-state index in [9.17, 15) is 9.59 Å². The SMILES string of the molecule is O=C(O)C1CCC1C(=O)Nc1ccc(COC2CCCC2)cc1. The first-order valence-corrected chi connectivity index (χ1v) is 8.37. The third kappa shape index (κ3) is 3.91. The number of carboxylic acid groups (broad SMARTS) is 1. The van der Waals surface area contributed by atoms with Crippen molar-refractivity contribution in [1.29, 1.82) is 0 Å². The zero-order valence-corrected chi connectivity index (χ0v) is 13.2. The number of carbonyl (C=O) groups excluding carboxylic acids is 1. The number of aliphatic carboxylic acids is 1. The Morgan fingerprint density at radius 3 is 2.26 bits per heavy atom. The van der Waals surface area contributed by atoms with E-state index < -0.39 is 17.8 Å². The highest BCUT2D eigenvalue weighted by molar-refractivity contribution is 5.96. The van der Waals surface area contributed by atoms with Gasteiger partial charge in [0, 0.05) is 5.69 Å². The van der Waals surface area contributed by atoms with Crippen molar-refractivity contribution < 1.29 is 19.4 Å². The maximum atomic E-state index is 12.1. The molecular weight excluding hydrogens is 294 g/mol. The highest BCUT2D eigenvalue weighted by atomic mass is 16.5. The van der Waals surface area contributed by atoms with Gasteiger partial charge in [-0.2, -0.15) is 0 Å². The molecule has 2 saturated carbocycles. The molecule has 5 heteroatoms. The highest BCUT2D eigenvalue weighted by Gasteiger charge is 2.41. The van der Waals surface area contributed by atoms with Crippen molar-refractivity contribution in [3.8, 4) is 0 Å². The lowest BCUT2D eigenvalue weighted by Gasteiger charge is -2.31. The fourth-order valence-electron chi connectivity index (χ4n) is 3.30. The highest BCUT2D eigenvalue weighted by Crippen LogP contribution is 2.35. The Morgan fingerprint density at radius 2 is 1.70 bits per heavy atom. The first-order valence-electron chi connectivity index (χ1n) is 8.37. The molecule has 1 aromatic carbocycles. The molecule has 0 bridgehead atoms. The van der Waals surface area contributed by atoms with Crippen LogP contribution in [0.4, 0.5) is 5.69 Å². The third-order valence-electron chi connectivity index (χ3n) is 4.94. The Hall–Kier alpha value is -1.88. The van der Waals surface area contributed by atoms with Crippen molar-refractivity contribution in [3.63, 3.8) is 0 Å². The van der Waals surface area contributed by atoms with E-state index in [1.165, 1.54) is 12.8 Å². The van der Waals surface area contributed by atoms with E-state index in [0.717, 1.165) is 18.4 Å². The van der Waals surface area contributed by atoms with Crippen molar-refractivity contribution in [1.82, 2.24) is 0 Å². The van der Waals surface area contributed by atoms with Crippen LogP contribution < -0.4 is 5.32 Å². The number of rotatable bonds is 6. The maximum absolute atomic E-state index is 12.1. The molecule has 2 aliphatic carbocycles. The van der Waals surface area contributed by atoms with Gasteiger partial charge >= 0.3 is 5.97 Å². The molecule has 2 N–H and O–H groups in total. The largest absolute Gasteiger partial charge is 0.481 e. The van der Waals surface area contributed by atoms with Crippen LogP contribution in [0, 0.1) is 11.8 Å². The zero-order valence-electron chi connectivity index (χ0n) is 13.2. The lowest BCUT2D eigenvalue weighted by atomic mass is 9.73. The Bertz CT molecular complexity index is 563. The van der Waals surface area contributed by atoms with Crippen molar-refractivity contribution >= 4 is 17.6 Å². The minimum Gasteiger partial charge on any atom is -0.481 e. The van der Waals surface area contributed by atoms with Gasteiger partial charge in [-0.15, -0.1) is 0 Å². The molecule has 23 heavy (non-hydrogen) atoms. The molecule has 0 aliphatic heterocycles. The van der Waals surface area contributed by atoms with E-state index in [1.807, 2.05) is 24.3 Å². The molecule has 2 fully saturated rings. The number of ether oxygens (including phenoxy) is 1. The van der Waals surface area contributed by atoms with E-state index in [2.05, 4.69) is 5.32 Å². The molecule has 0 heterocycles. The minimum atomic E-state index is -0.879. The van der Waals surface area contributed by atoms with Crippen molar-refractivity contribution in [2.24, 2.45) is 11.8 Å². The van der Waals surface area contributed by atoms with E-state index in [4.69, 9.17) is 9.84 Å². The van der Waals surface area contributed by atoms with Crippen LogP contribution in [0.3, 0.4) is 0 Å². The standard InChI is InChI=1S/C18H23NO4/c20-17(15-9-10-16(15)18(21)22)19-13-7-5-12(6-8-13)11-23-14-3-1-2-4-14/h5-8,14-16H,1-4,9-11H2,(H,19,20)(H,21,22). The van der Waals surface area contributed by atoms with Gasteiger partial charge in [0.25, 0.3) is 0 Å². The van der Waals surface area contributed by atoms with Crippen LogP contribution in [0.15, 0.2) is 24.3 Å². The smallest absolute Gasteiger partial charge is 0.307 e. The van der Waals surface area contributed by atoms with E-state index in [1.54, 1.807) is 0 Å². The lowest BCUT2D eigenvalue weighted by Crippen LogP contribution is -2.41. The van der Waals surface area contributed by atoms with E-state index in [0.29, 0.717) is 31.2 Å². The van der Waals surface area contributed by atoms with Crippen LogP contribution >= 0.6 is 0 Å². The average molecular weight is 317 g/mol. The van der Waals surface area contributed by atoms with Crippen LogP contribution in [0.1, 0.15) is 44.1 Å². The van der Waals surface area contributed by atoms with Gasteiger partial charge in [0.15, 0.2) is 0 Å². The molecule has 5 nitrogen and oxygen atoms in total. The Balaban J connectivity index is 1.49. The summed E-state index contributed by atoms with van der Waals surface area (Å²) in [6.07, 6.45) is 6.45. The second-order valence-corrected chi connectivity index (χ2v) is 6.53. The summed E-state index contributed by atoms with van der Waals surface area (Å²) in [7, 11) is 0. The van der Waals surface area contributed by atoms with Crippen LogP contribution in [0.5, 0.6) is 0 Å². The zero-order chi connectivity index (χ0) is 16.2. The van der Waals surface area contributed by atoms with Crippen molar-refractivity contribution in [2.45, 2.75) is 51.2 Å². The summed E-state index contributed by atoms with van der Waals surface area (Å²) in [5, 5.41) is 11.8. The summed E-state index contributed by atoms with van der Waals surface area (Å²) < 4.78 is 5.86. The van der Waals surface area contributed by atoms with Crippen molar-refractivity contribution in [2.75, 3.05) is 5.32 Å². The fourth-order valence-corrected chi connectivity index (χ4v) is 3.30. The summed E-state index contributed by atoms with van der Waals surface area (Å²) in [5.41, 5.74) is 1.79. The van der Waals surface area contributed by atoms with E-state index >= 15 is 0 Å². The number of benzene rings is 1. The number of hydrogen-bond donors (Lipinski definition) is 2. The quantitative estimate of drug-likeness (QED) is 0.845. The Labute approximate surface area is 136 Å². The van der Waals surface area contributed by atoms with Gasteiger partial charge in [0.2, 0.25) is 5.91 Å². The second-order valence-electron chi connectivity index (χ2n) is 6.53. The lowest BCUT2D eigenvalue weighted by molar-refractivity contribution is -0.151. The number of carboxylic acids is 1. The van der Waals surface area contributed by atoms with Crippen LogP contribution in [0.2, 0.25) is 0 Å². The van der Waals surface area contributed by atoms with Gasteiger partial charge in [0.1, 0.15) is 0 Å². The monoisotopic (exact) mass is 317 g/mol. The fraction of sp³-hybridized carbons (Fsp3) is 0.556. The molecule has 2 aliphatic rings. The average Bonchev–Trinajstić information content (AvgIpc) is 2.98. The van der Waals surface area contributed by atoms with Gasteiger partial charge in [-0.1, -0.05) is 25.0 Å². The molecule has 0 aromatic heterocycles. The molecule has 3 rings (SSSR count). The minimum absolute atomic E-state index is 0.196. The normalized spacial score (nSPS) is 24.2. The predicted molar refractivity (Wildman–Crippen MR) is 86.0 cm³/mol. The maximum Gasteiger partial charge on any atom is 0.307 e. The van der Waals surface area contributed by atoms with Gasteiger partial charge in [-0.05, 0) is 43.4 Å². The van der Waals surface area contributed by atoms with E-state index in [-0.39, 0.29) is 5.91 Å². The molecule has 0 radical (unpaired) electrons. The molecule has 0 saturated heterocycles. The summed E-state index contributed by atoms with van der Waals surface area (Å²) >= 11 is 0. The summed E-state index contributed by atoms with van der Waals surface area (Å²) in [4.78, 5) is 23.1. The van der Waals surface area contributed by atoms with Crippen LogP contribution in [0.25, 0.3) is 0 Å². The van der Waals surface area contributed by atoms with Crippen LogP contribution in [-0.4, -0.2) is 23.1 Å². The topological polar surface area (TPSA) is 75.6 Å². The molecular formula is C18H23NO4. The first kappa shape index (κ1) is 16.0. The third-order valence-corrected chi connectivity index (χ3v) is 4.94. The number of carbonyl (C=O) groups is 2. The summed E-state index contributed by atoms with van der Waals surface area (Å²) in [5.74, 6) is -2.01. The molecule has 2 atom stereocenters. The number of anilines is 1. The first-order chi connectivity index (χ1) is 11.1. The number of hydrogen-bond acceptors (Lipinski definition) is 3. The second kappa shape index (κ2) is 7.13. The predicted octanol–water partition coefficient (Wildman–Crippen LogP) is 3.20. The molecule has 1 amide bonds. The Kier molecular flexibility index (Phi) is 4.96. The summed E-state index contributed by atoms with van der Waals surface area (Å²) in [6, 6.07) is 7.58. The van der Waals surface area contributed by atoms with Crippen LogP contribution in [-0.2, 0) is 20.9 Å². The molecule has 0 spiro atoms. The van der Waals surface area contributed by atoms with Gasteiger partial charge in [-0.3, -0.25) is 9.59 Å². The number of nitrogens with one attached hydrogen (secondary N) is 1.